The van der Waals surface area contributed by atoms with Gasteiger partial charge in [-0.2, -0.15) is 4.98 Å². The van der Waals surface area contributed by atoms with Gasteiger partial charge in [0.05, 0.1) is 15.6 Å². The first-order chi connectivity index (χ1) is 12.4. The molecule has 0 saturated carbocycles. The van der Waals surface area contributed by atoms with Gasteiger partial charge < -0.3 is 10.1 Å². The minimum atomic E-state index is -0.502. The van der Waals surface area contributed by atoms with E-state index in [2.05, 4.69) is 9.97 Å². The molecule has 0 fully saturated rings. The third-order valence-corrected chi connectivity index (χ3v) is 5.34. The van der Waals surface area contributed by atoms with Gasteiger partial charge in [-0.1, -0.05) is 59.2 Å². The molecule has 8 heteroatoms. The smallest absolute Gasteiger partial charge is 0.258 e. The number of halogens is 3. The van der Waals surface area contributed by atoms with Crippen molar-refractivity contribution in [2.24, 2.45) is 0 Å². The van der Waals surface area contributed by atoms with E-state index in [9.17, 15) is 14.3 Å². The van der Waals surface area contributed by atoms with Crippen LogP contribution in [0.15, 0.2) is 52.4 Å². The first-order valence-corrected chi connectivity index (χ1v) is 9.30. The van der Waals surface area contributed by atoms with Gasteiger partial charge >= 0.3 is 0 Å². The van der Waals surface area contributed by atoms with E-state index in [1.54, 1.807) is 30.3 Å². The molecule has 3 rings (SSSR count). The Hall–Kier alpha value is -2.02. The highest BCUT2D eigenvalue weighted by molar-refractivity contribution is 7.98. The summed E-state index contributed by atoms with van der Waals surface area (Å²) in [6.07, 6.45) is -0.0431. The van der Waals surface area contributed by atoms with Gasteiger partial charge in [0.15, 0.2) is 5.16 Å². The van der Waals surface area contributed by atoms with Crippen LogP contribution in [0.1, 0.15) is 16.7 Å². The second-order valence-electron chi connectivity index (χ2n) is 5.48. The van der Waals surface area contributed by atoms with Gasteiger partial charge in [-0.05, 0) is 29.3 Å². The van der Waals surface area contributed by atoms with Crippen molar-refractivity contribution in [1.82, 2.24) is 9.97 Å². The highest BCUT2D eigenvalue weighted by Crippen LogP contribution is 2.27. The minimum absolute atomic E-state index is 0.0222. The fourth-order valence-corrected chi connectivity index (χ4v) is 3.43. The van der Waals surface area contributed by atoms with Crippen molar-refractivity contribution in [2.45, 2.75) is 17.3 Å². The van der Waals surface area contributed by atoms with E-state index < -0.39 is 17.3 Å². The zero-order valence-corrected chi connectivity index (χ0v) is 15.6. The summed E-state index contributed by atoms with van der Waals surface area (Å²) in [6, 6.07) is 11.3. The second-order valence-corrected chi connectivity index (χ2v) is 7.26. The van der Waals surface area contributed by atoms with Crippen LogP contribution < -0.4 is 5.56 Å². The maximum Gasteiger partial charge on any atom is 0.258 e. The van der Waals surface area contributed by atoms with E-state index in [-0.39, 0.29) is 17.1 Å². The molecule has 0 aliphatic heterocycles. The molecule has 2 aromatic carbocycles. The Morgan fingerprint density at radius 2 is 1.92 bits per heavy atom. The maximum atomic E-state index is 13.7. The Morgan fingerprint density at radius 1 is 1.15 bits per heavy atom. The topological polar surface area (TPSA) is 66.0 Å². The number of nitrogens with one attached hydrogen (secondary N) is 1. The van der Waals surface area contributed by atoms with Crippen molar-refractivity contribution in [3.63, 3.8) is 0 Å². The molecule has 2 N–H and O–H groups in total. The Balaban J connectivity index is 1.77. The molecule has 0 bridgehead atoms. The van der Waals surface area contributed by atoms with Gasteiger partial charge in [-0.15, -0.1) is 0 Å². The molecule has 0 spiro atoms. The average Bonchev–Trinajstić information content (AvgIpc) is 2.60. The van der Waals surface area contributed by atoms with Crippen molar-refractivity contribution in [2.75, 3.05) is 0 Å². The lowest BCUT2D eigenvalue weighted by molar-refractivity contribution is 0.436. The zero-order chi connectivity index (χ0) is 18.7. The van der Waals surface area contributed by atoms with Gasteiger partial charge in [0.2, 0.25) is 5.88 Å². The SMILES string of the molecule is O=c1[nH]c(SCc2ccc(Cl)c(Cl)c2)nc(O)c1Cc1ccccc1F. The zero-order valence-electron chi connectivity index (χ0n) is 13.3. The lowest BCUT2D eigenvalue weighted by Crippen LogP contribution is -2.16. The van der Waals surface area contributed by atoms with Crippen molar-refractivity contribution < 1.29 is 9.50 Å². The van der Waals surface area contributed by atoms with Crippen molar-refractivity contribution in [3.05, 3.63) is 85.4 Å². The number of aromatic nitrogens is 2. The molecule has 0 saturated heterocycles. The minimum Gasteiger partial charge on any atom is -0.493 e. The molecule has 26 heavy (non-hydrogen) atoms. The third-order valence-electron chi connectivity index (χ3n) is 3.66. The Labute approximate surface area is 163 Å². The summed E-state index contributed by atoms with van der Waals surface area (Å²) < 4.78 is 13.7. The first kappa shape index (κ1) is 18.8. The number of benzene rings is 2. The summed E-state index contributed by atoms with van der Waals surface area (Å²) in [6.45, 7) is 0. The predicted octanol–water partition coefficient (Wildman–Crippen LogP) is 4.80. The fraction of sp³-hybridized carbons (Fsp3) is 0.111. The summed E-state index contributed by atoms with van der Waals surface area (Å²) in [5.41, 5.74) is 0.722. The number of rotatable bonds is 5. The average molecular weight is 411 g/mol. The van der Waals surface area contributed by atoms with Gasteiger partial charge in [0.25, 0.3) is 5.56 Å². The molecular formula is C18H13Cl2FN2O2S. The maximum absolute atomic E-state index is 13.7. The molecule has 134 valence electrons. The van der Waals surface area contributed by atoms with Crippen LogP contribution in [0.4, 0.5) is 4.39 Å². The van der Waals surface area contributed by atoms with Gasteiger partial charge in [0, 0.05) is 12.2 Å². The molecule has 0 unspecified atom stereocenters. The van der Waals surface area contributed by atoms with E-state index in [0.717, 1.165) is 5.56 Å². The van der Waals surface area contributed by atoms with E-state index in [4.69, 9.17) is 23.2 Å². The summed E-state index contributed by atoms with van der Waals surface area (Å²) in [4.78, 5) is 18.9. The van der Waals surface area contributed by atoms with Gasteiger partial charge in [0.1, 0.15) is 5.82 Å². The summed E-state index contributed by atoms with van der Waals surface area (Å²) in [5.74, 6) is -0.371. The molecule has 1 heterocycles. The normalized spacial score (nSPS) is 10.9. The van der Waals surface area contributed by atoms with Crippen molar-refractivity contribution in [3.8, 4) is 5.88 Å². The van der Waals surface area contributed by atoms with Gasteiger partial charge in [-0.25, -0.2) is 4.39 Å². The first-order valence-electron chi connectivity index (χ1n) is 7.56. The van der Waals surface area contributed by atoms with E-state index in [0.29, 0.717) is 21.4 Å². The number of nitrogens with zero attached hydrogens (tertiary/aromatic N) is 1. The predicted molar refractivity (Wildman–Crippen MR) is 102 cm³/mol. The summed E-state index contributed by atoms with van der Waals surface area (Å²) in [5, 5.41) is 11.3. The highest BCUT2D eigenvalue weighted by Gasteiger charge is 2.14. The second kappa shape index (κ2) is 8.12. The van der Waals surface area contributed by atoms with Crippen molar-refractivity contribution in [1.29, 1.82) is 0 Å². The third kappa shape index (κ3) is 4.38. The number of hydrogen-bond donors (Lipinski definition) is 2. The number of H-pyrrole nitrogens is 1. The molecule has 0 atom stereocenters. The van der Waals surface area contributed by atoms with E-state index in [1.807, 2.05) is 6.07 Å². The number of thioether (sulfide) groups is 1. The van der Waals surface area contributed by atoms with Crippen LogP contribution in [0.2, 0.25) is 10.0 Å². The fourth-order valence-electron chi connectivity index (χ4n) is 2.31. The standard InChI is InChI=1S/C18H13Cl2FN2O2S/c19-13-6-5-10(7-14(13)20)9-26-18-22-16(24)12(17(25)23-18)8-11-3-1-2-4-15(11)21/h1-7H,8-9H2,(H2,22,23,24,25). The van der Waals surface area contributed by atoms with Crippen LogP contribution in [0.25, 0.3) is 0 Å². The number of aromatic amines is 1. The molecule has 0 radical (unpaired) electrons. The molecule has 1 aromatic heterocycles. The number of aromatic hydroxyl groups is 1. The van der Waals surface area contributed by atoms with E-state index >= 15 is 0 Å². The van der Waals surface area contributed by atoms with Crippen LogP contribution in [-0.2, 0) is 12.2 Å². The van der Waals surface area contributed by atoms with Crippen molar-refractivity contribution >= 4 is 35.0 Å². The molecule has 0 aliphatic rings. The highest BCUT2D eigenvalue weighted by atomic mass is 35.5. The largest absolute Gasteiger partial charge is 0.493 e. The van der Waals surface area contributed by atoms with Gasteiger partial charge in [-0.3, -0.25) is 4.79 Å². The summed E-state index contributed by atoms with van der Waals surface area (Å²) in [7, 11) is 0. The quantitative estimate of drug-likeness (QED) is 0.468. The molecule has 4 nitrogen and oxygen atoms in total. The van der Waals surface area contributed by atoms with E-state index in [1.165, 1.54) is 17.8 Å². The van der Waals surface area contributed by atoms with Crippen LogP contribution in [0, 0.1) is 5.82 Å². The van der Waals surface area contributed by atoms with Crippen LogP contribution in [0.5, 0.6) is 5.88 Å². The van der Waals surface area contributed by atoms with Crippen LogP contribution in [0.3, 0.4) is 0 Å². The summed E-state index contributed by atoms with van der Waals surface area (Å²) >= 11 is 13.1. The Kier molecular flexibility index (Phi) is 5.86. The Morgan fingerprint density at radius 3 is 2.62 bits per heavy atom. The lowest BCUT2D eigenvalue weighted by atomic mass is 10.1. The monoisotopic (exact) mass is 410 g/mol. The molecule has 0 aliphatic carbocycles. The number of hydrogen-bond acceptors (Lipinski definition) is 4. The Bertz CT molecular complexity index is 1010. The lowest BCUT2D eigenvalue weighted by Gasteiger charge is -2.07. The van der Waals surface area contributed by atoms with Crippen LogP contribution in [-0.4, -0.2) is 15.1 Å². The molecule has 0 amide bonds. The van der Waals surface area contributed by atoms with Crippen LogP contribution >= 0.6 is 35.0 Å². The molecule has 3 aromatic rings. The molecular weight excluding hydrogens is 398 g/mol.